The van der Waals surface area contributed by atoms with E-state index in [1.807, 2.05) is 36.4 Å². The van der Waals surface area contributed by atoms with Gasteiger partial charge in [0.25, 0.3) is 5.91 Å². The molecule has 128 valence electrons. The van der Waals surface area contributed by atoms with E-state index in [0.29, 0.717) is 11.3 Å². The number of aromatic nitrogens is 1. The van der Waals surface area contributed by atoms with Crippen molar-refractivity contribution < 1.29 is 9.59 Å². The first-order valence-electron chi connectivity index (χ1n) is 7.93. The lowest BCUT2D eigenvalue weighted by atomic mass is 10.1. The molecule has 3 N–H and O–H groups in total. The number of rotatable bonds is 5. The third kappa shape index (κ3) is 3.62. The quantitative estimate of drug-likeness (QED) is 0.549. The molecule has 0 unspecified atom stereocenters. The fourth-order valence-electron chi connectivity index (χ4n) is 2.71. The van der Waals surface area contributed by atoms with Gasteiger partial charge in [0, 0.05) is 28.4 Å². The third-order valence-corrected chi connectivity index (χ3v) is 3.84. The summed E-state index contributed by atoms with van der Waals surface area (Å²) in [5.74, 6) is -0.964. The van der Waals surface area contributed by atoms with Gasteiger partial charge in [0.2, 0.25) is 5.91 Å². The average Bonchev–Trinajstić information content (AvgIpc) is 2.97. The number of amides is 2. The molecule has 3 rings (SSSR count). The molecule has 3 aromatic rings. The lowest BCUT2D eigenvalue weighted by molar-refractivity contribution is -0.118. The Kier molecular flexibility index (Phi) is 4.81. The first-order valence-corrected chi connectivity index (χ1v) is 7.93. The molecule has 6 nitrogen and oxygen atoms in total. The molecule has 0 radical (unpaired) electrons. The predicted octanol–water partition coefficient (Wildman–Crippen LogP) is 2.67. The van der Waals surface area contributed by atoms with Crippen molar-refractivity contribution in [3.8, 4) is 6.07 Å². The Morgan fingerprint density at radius 2 is 1.81 bits per heavy atom. The van der Waals surface area contributed by atoms with E-state index in [1.54, 1.807) is 35.0 Å². The highest BCUT2D eigenvalue weighted by Gasteiger charge is 2.13. The number of para-hydroxylation sites is 2. The summed E-state index contributed by atoms with van der Waals surface area (Å²) in [6.45, 7) is 0.0203. The maximum Gasteiger partial charge on any atom is 0.266 e. The van der Waals surface area contributed by atoms with Crippen molar-refractivity contribution in [2.75, 3.05) is 5.32 Å². The van der Waals surface area contributed by atoms with Crippen LogP contribution in [0.2, 0.25) is 0 Å². The standard InChI is InChI=1S/C20H16N4O2/c21-11-14(20(26)23-16-6-2-1-3-7-16)10-15-12-24(13-19(22)25)18-9-5-4-8-17(15)18/h1-10,12H,13H2,(H2,22,25)(H,23,26)/b14-10-. The van der Waals surface area contributed by atoms with Crippen molar-refractivity contribution >= 4 is 34.5 Å². The molecule has 0 fully saturated rings. The van der Waals surface area contributed by atoms with Gasteiger partial charge < -0.3 is 15.6 Å². The van der Waals surface area contributed by atoms with Gasteiger partial charge in [-0.2, -0.15) is 5.26 Å². The summed E-state index contributed by atoms with van der Waals surface area (Å²) in [5, 5.41) is 12.9. The summed E-state index contributed by atoms with van der Waals surface area (Å²) in [6.07, 6.45) is 3.22. The molecule has 1 aromatic heterocycles. The Hall–Kier alpha value is -3.85. The highest BCUT2D eigenvalue weighted by molar-refractivity contribution is 6.10. The van der Waals surface area contributed by atoms with Gasteiger partial charge >= 0.3 is 0 Å². The number of carbonyl (C=O) groups is 2. The van der Waals surface area contributed by atoms with Crippen molar-refractivity contribution in [1.82, 2.24) is 4.57 Å². The number of primary amides is 1. The number of nitriles is 1. The van der Waals surface area contributed by atoms with Crippen LogP contribution in [0.15, 0.2) is 66.4 Å². The van der Waals surface area contributed by atoms with Crippen molar-refractivity contribution in [2.45, 2.75) is 6.54 Å². The zero-order valence-corrected chi connectivity index (χ0v) is 13.8. The molecule has 2 aromatic carbocycles. The number of carbonyl (C=O) groups excluding carboxylic acids is 2. The van der Waals surface area contributed by atoms with Crippen LogP contribution in [0, 0.1) is 11.3 Å². The van der Waals surface area contributed by atoms with Crippen LogP contribution in [0.3, 0.4) is 0 Å². The molecular formula is C20H16N4O2. The molecular weight excluding hydrogens is 328 g/mol. The molecule has 26 heavy (non-hydrogen) atoms. The minimum Gasteiger partial charge on any atom is -0.368 e. The van der Waals surface area contributed by atoms with Crippen molar-refractivity contribution in [3.05, 3.63) is 71.9 Å². The summed E-state index contributed by atoms with van der Waals surface area (Å²) in [6, 6.07) is 18.3. The van der Waals surface area contributed by atoms with Gasteiger partial charge in [-0.1, -0.05) is 36.4 Å². The minimum atomic E-state index is -0.495. The fourth-order valence-corrected chi connectivity index (χ4v) is 2.71. The van der Waals surface area contributed by atoms with E-state index in [2.05, 4.69) is 5.32 Å². The van der Waals surface area contributed by atoms with Crippen LogP contribution in [0.4, 0.5) is 5.69 Å². The molecule has 0 saturated heterocycles. The lowest BCUT2D eigenvalue weighted by Crippen LogP contribution is -2.17. The second-order valence-corrected chi connectivity index (χ2v) is 5.69. The van der Waals surface area contributed by atoms with E-state index in [0.717, 1.165) is 10.9 Å². The van der Waals surface area contributed by atoms with Gasteiger partial charge in [0.1, 0.15) is 18.2 Å². The molecule has 1 heterocycles. The molecule has 0 aliphatic rings. The lowest BCUT2D eigenvalue weighted by Gasteiger charge is -2.03. The Labute approximate surface area is 150 Å². The fraction of sp³-hybridized carbons (Fsp3) is 0.0500. The van der Waals surface area contributed by atoms with Gasteiger partial charge in [0.05, 0.1) is 0 Å². The van der Waals surface area contributed by atoms with Gasteiger partial charge in [-0.3, -0.25) is 9.59 Å². The van der Waals surface area contributed by atoms with Crippen molar-refractivity contribution in [3.63, 3.8) is 0 Å². The van der Waals surface area contributed by atoms with Crippen molar-refractivity contribution in [1.29, 1.82) is 5.26 Å². The highest BCUT2D eigenvalue weighted by Crippen LogP contribution is 2.24. The second kappa shape index (κ2) is 7.36. The first kappa shape index (κ1) is 17.0. The predicted molar refractivity (Wildman–Crippen MR) is 99.8 cm³/mol. The molecule has 6 heteroatoms. The maximum atomic E-state index is 12.4. The number of anilines is 1. The summed E-state index contributed by atoms with van der Waals surface area (Å²) in [4.78, 5) is 23.7. The smallest absolute Gasteiger partial charge is 0.266 e. The van der Waals surface area contributed by atoms with E-state index in [1.165, 1.54) is 6.08 Å². The van der Waals surface area contributed by atoms with Crippen LogP contribution in [0.25, 0.3) is 17.0 Å². The Bertz CT molecular complexity index is 1040. The van der Waals surface area contributed by atoms with Crippen LogP contribution in [0.1, 0.15) is 5.56 Å². The Morgan fingerprint density at radius 3 is 2.50 bits per heavy atom. The van der Waals surface area contributed by atoms with Crippen LogP contribution >= 0.6 is 0 Å². The zero-order chi connectivity index (χ0) is 18.5. The molecule has 0 aliphatic heterocycles. The van der Waals surface area contributed by atoms with Crippen LogP contribution < -0.4 is 11.1 Å². The molecule has 0 aliphatic carbocycles. The number of nitrogens with zero attached hydrogens (tertiary/aromatic N) is 2. The van der Waals surface area contributed by atoms with Gasteiger partial charge in [0.15, 0.2) is 0 Å². The number of hydrogen-bond donors (Lipinski definition) is 2. The minimum absolute atomic E-state index is 0.0203. The van der Waals surface area contributed by atoms with Crippen LogP contribution in [0.5, 0.6) is 0 Å². The summed E-state index contributed by atoms with van der Waals surface area (Å²) >= 11 is 0. The van der Waals surface area contributed by atoms with Crippen LogP contribution in [-0.4, -0.2) is 16.4 Å². The third-order valence-electron chi connectivity index (χ3n) is 3.84. The molecule has 0 saturated carbocycles. The Balaban J connectivity index is 1.98. The van der Waals surface area contributed by atoms with Crippen molar-refractivity contribution in [2.24, 2.45) is 5.73 Å². The molecule has 2 amide bonds. The number of nitrogens with one attached hydrogen (secondary N) is 1. The molecule has 0 atom stereocenters. The largest absolute Gasteiger partial charge is 0.368 e. The second-order valence-electron chi connectivity index (χ2n) is 5.69. The van der Waals surface area contributed by atoms with Gasteiger partial charge in [-0.15, -0.1) is 0 Å². The first-order chi connectivity index (χ1) is 12.6. The topological polar surface area (TPSA) is 101 Å². The SMILES string of the molecule is N#C/C(=C/c1cn(CC(N)=O)c2ccccc12)C(=O)Nc1ccccc1. The van der Waals surface area contributed by atoms with E-state index >= 15 is 0 Å². The number of benzene rings is 2. The summed E-state index contributed by atoms with van der Waals surface area (Å²) < 4.78 is 1.70. The summed E-state index contributed by atoms with van der Waals surface area (Å²) in [7, 11) is 0. The average molecular weight is 344 g/mol. The molecule has 0 bridgehead atoms. The van der Waals surface area contributed by atoms with Crippen LogP contribution in [-0.2, 0) is 16.1 Å². The summed E-state index contributed by atoms with van der Waals surface area (Å²) in [5.41, 5.74) is 7.34. The molecule has 0 spiro atoms. The zero-order valence-electron chi connectivity index (χ0n) is 13.8. The van der Waals surface area contributed by atoms with E-state index in [-0.39, 0.29) is 12.1 Å². The monoisotopic (exact) mass is 344 g/mol. The van der Waals surface area contributed by atoms with Gasteiger partial charge in [-0.05, 0) is 24.3 Å². The van der Waals surface area contributed by atoms with E-state index in [4.69, 9.17) is 5.73 Å². The van der Waals surface area contributed by atoms with Gasteiger partial charge in [-0.25, -0.2) is 0 Å². The van der Waals surface area contributed by atoms with E-state index < -0.39 is 11.8 Å². The normalized spacial score (nSPS) is 11.1. The highest BCUT2D eigenvalue weighted by atomic mass is 16.2. The number of hydrogen-bond acceptors (Lipinski definition) is 3. The van der Waals surface area contributed by atoms with E-state index in [9.17, 15) is 14.9 Å². The number of fused-ring (bicyclic) bond motifs is 1. The Morgan fingerprint density at radius 1 is 1.12 bits per heavy atom. The maximum absolute atomic E-state index is 12.4. The number of nitrogens with two attached hydrogens (primary N) is 1.